The molecule has 0 bridgehead atoms. The number of carbonyl (C=O) groups is 2. The van der Waals surface area contributed by atoms with E-state index in [2.05, 4.69) is 13.8 Å². The summed E-state index contributed by atoms with van der Waals surface area (Å²) in [6.45, 7) is 6.01. The number of hydrogen-bond donors (Lipinski definition) is 1. The summed E-state index contributed by atoms with van der Waals surface area (Å²) < 4.78 is 5.40. The molecule has 0 amide bonds. The number of Topliss-reactive ketones (excluding diaryl/α,β-unsaturated/α-hetero) is 1. The van der Waals surface area contributed by atoms with Crippen LogP contribution in [0.4, 0.5) is 5.69 Å². The molecule has 0 radical (unpaired) electrons. The summed E-state index contributed by atoms with van der Waals surface area (Å²) in [6, 6.07) is 14.7. The maximum absolute atomic E-state index is 13.7. The third-order valence-corrected chi connectivity index (χ3v) is 6.90. The summed E-state index contributed by atoms with van der Waals surface area (Å²) in [6.07, 6.45) is 0.952. The predicted octanol–water partition coefficient (Wildman–Crippen LogP) is 5.97. The van der Waals surface area contributed by atoms with Crippen molar-refractivity contribution in [3.63, 3.8) is 0 Å². The first-order valence-electron chi connectivity index (χ1n) is 10.9. The number of hydrogen-bond acceptors (Lipinski definition) is 5. The van der Waals surface area contributed by atoms with Gasteiger partial charge in [-0.3, -0.25) is 9.69 Å². The Kier molecular flexibility index (Phi) is 6.30. The minimum absolute atomic E-state index is 0.0440. The Labute approximate surface area is 203 Å². The van der Waals surface area contributed by atoms with Gasteiger partial charge in [-0.1, -0.05) is 67.4 Å². The Morgan fingerprint density at radius 2 is 1.82 bits per heavy atom. The number of carbonyl (C=O) groups excluding carboxylic acids is 2. The number of benzene rings is 2. The molecular formula is C26H26Cl2N2O3. The molecule has 0 saturated carbocycles. The van der Waals surface area contributed by atoms with Crippen LogP contribution in [0, 0.1) is 5.41 Å². The van der Waals surface area contributed by atoms with E-state index >= 15 is 0 Å². The molecule has 1 heterocycles. The van der Waals surface area contributed by atoms with Crippen LogP contribution in [-0.2, 0) is 14.3 Å². The third kappa shape index (κ3) is 4.16. The van der Waals surface area contributed by atoms with Crippen molar-refractivity contribution in [2.24, 2.45) is 11.1 Å². The minimum atomic E-state index is -0.770. The van der Waals surface area contributed by atoms with E-state index in [1.54, 1.807) is 25.1 Å². The SMILES string of the molecule is CCOC(=O)C1=C(N)N(c2ccccc2)C2=C(C(=O)CC(C)(C)C2)C1c1cccc(Cl)c1Cl. The van der Waals surface area contributed by atoms with Gasteiger partial charge in [0.15, 0.2) is 5.78 Å². The van der Waals surface area contributed by atoms with Gasteiger partial charge in [0.1, 0.15) is 5.82 Å². The third-order valence-electron chi connectivity index (χ3n) is 6.06. The molecule has 2 N–H and O–H groups in total. The van der Waals surface area contributed by atoms with E-state index in [-0.39, 0.29) is 34.2 Å². The molecule has 1 aliphatic carbocycles. The highest BCUT2D eigenvalue weighted by atomic mass is 35.5. The lowest BCUT2D eigenvalue weighted by Gasteiger charge is -2.44. The standard InChI is InChI=1S/C26H26Cl2N2O3/c1-4-33-25(32)22-20(16-11-8-12-17(27)23(16)28)21-18(13-26(2,3)14-19(21)31)30(24(22)29)15-9-6-5-7-10-15/h5-12,20H,4,13-14,29H2,1-3H3. The first-order chi connectivity index (χ1) is 15.7. The Balaban J connectivity index is 2.06. The highest BCUT2D eigenvalue weighted by molar-refractivity contribution is 6.42. The van der Waals surface area contributed by atoms with Gasteiger partial charge in [-0.05, 0) is 42.5 Å². The van der Waals surface area contributed by atoms with Crippen molar-refractivity contribution in [2.45, 2.75) is 39.5 Å². The number of nitrogens with two attached hydrogens (primary N) is 1. The van der Waals surface area contributed by atoms with E-state index in [1.807, 2.05) is 35.2 Å². The number of allylic oxidation sites excluding steroid dienone is 2. The maximum atomic E-state index is 13.7. The Bertz CT molecular complexity index is 1190. The van der Waals surface area contributed by atoms with Crippen molar-refractivity contribution in [1.82, 2.24) is 0 Å². The molecule has 1 aliphatic heterocycles. The average Bonchev–Trinajstić information content (AvgIpc) is 2.75. The maximum Gasteiger partial charge on any atom is 0.338 e. The van der Waals surface area contributed by atoms with Crippen LogP contribution in [0.1, 0.15) is 45.1 Å². The molecule has 2 aromatic rings. The van der Waals surface area contributed by atoms with Gasteiger partial charge in [0.2, 0.25) is 0 Å². The van der Waals surface area contributed by atoms with Crippen LogP contribution in [-0.4, -0.2) is 18.4 Å². The Morgan fingerprint density at radius 1 is 1.12 bits per heavy atom. The summed E-state index contributed by atoms with van der Waals surface area (Å²) in [7, 11) is 0. The second-order valence-corrected chi connectivity index (χ2v) is 9.85. The van der Waals surface area contributed by atoms with Gasteiger partial charge in [-0.25, -0.2) is 4.79 Å². The number of esters is 1. The van der Waals surface area contributed by atoms with Gasteiger partial charge in [0, 0.05) is 23.4 Å². The number of para-hydroxylation sites is 1. The van der Waals surface area contributed by atoms with E-state index in [0.29, 0.717) is 29.0 Å². The molecule has 7 heteroatoms. The minimum Gasteiger partial charge on any atom is -0.463 e. The Morgan fingerprint density at radius 3 is 2.48 bits per heavy atom. The number of halogens is 2. The van der Waals surface area contributed by atoms with E-state index < -0.39 is 11.9 Å². The molecule has 1 unspecified atom stereocenters. The van der Waals surface area contributed by atoms with E-state index in [4.69, 9.17) is 33.7 Å². The fourth-order valence-electron chi connectivity index (χ4n) is 4.74. The van der Waals surface area contributed by atoms with Crippen molar-refractivity contribution in [3.05, 3.63) is 86.8 Å². The first-order valence-corrected chi connectivity index (χ1v) is 11.6. The summed E-state index contributed by atoms with van der Waals surface area (Å²) >= 11 is 12.9. The zero-order valence-electron chi connectivity index (χ0n) is 18.8. The number of anilines is 1. The first kappa shape index (κ1) is 23.4. The zero-order chi connectivity index (χ0) is 23.9. The Hall–Kier alpha value is -2.76. The van der Waals surface area contributed by atoms with E-state index in [0.717, 1.165) is 11.4 Å². The summed E-state index contributed by atoms with van der Waals surface area (Å²) in [5.74, 6) is -1.17. The largest absolute Gasteiger partial charge is 0.463 e. The highest BCUT2D eigenvalue weighted by Crippen LogP contribution is 2.52. The van der Waals surface area contributed by atoms with Crippen LogP contribution in [0.3, 0.4) is 0 Å². The van der Waals surface area contributed by atoms with Crippen molar-refractivity contribution >= 4 is 40.6 Å². The molecular weight excluding hydrogens is 459 g/mol. The normalized spacial score (nSPS) is 20.1. The molecule has 33 heavy (non-hydrogen) atoms. The van der Waals surface area contributed by atoms with Crippen molar-refractivity contribution in [3.8, 4) is 0 Å². The van der Waals surface area contributed by atoms with Gasteiger partial charge in [-0.2, -0.15) is 0 Å². The van der Waals surface area contributed by atoms with Gasteiger partial charge in [0.05, 0.1) is 28.1 Å². The van der Waals surface area contributed by atoms with Gasteiger partial charge < -0.3 is 10.5 Å². The van der Waals surface area contributed by atoms with Crippen LogP contribution >= 0.6 is 23.2 Å². The lowest BCUT2D eigenvalue weighted by molar-refractivity contribution is -0.138. The van der Waals surface area contributed by atoms with Gasteiger partial charge >= 0.3 is 5.97 Å². The molecule has 5 nitrogen and oxygen atoms in total. The van der Waals surface area contributed by atoms with Crippen molar-refractivity contribution < 1.29 is 14.3 Å². The quantitative estimate of drug-likeness (QED) is 0.540. The summed E-state index contributed by atoms with van der Waals surface area (Å²) in [5.41, 5.74) is 9.26. The number of ether oxygens (including phenoxy) is 1. The summed E-state index contributed by atoms with van der Waals surface area (Å²) in [5, 5.41) is 0.628. The van der Waals surface area contributed by atoms with Crippen LogP contribution in [0.2, 0.25) is 10.0 Å². The molecule has 2 aliphatic rings. The fraction of sp³-hybridized carbons (Fsp3) is 0.308. The lowest BCUT2D eigenvalue weighted by atomic mass is 9.68. The number of rotatable bonds is 4. The molecule has 0 saturated heterocycles. The molecule has 0 spiro atoms. The molecule has 1 atom stereocenters. The van der Waals surface area contributed by atoms with E-state index in [9.17, 15) is 9.59 Å². The predicted molar refractivity (Wildman–Crippen MR) is 131 cm³/mol. The zero-order valence-corrected chi connectivity index (χ0v) is 20.3. The fourth-order valence-corrected chi connectivity index (χ4v) is 5.16. The van der Waals surface area contributed by atoms with Gasteiger partial charge in [0.25, 0.3) is 0 Å². The van der Waals surface area contributed by atoms with Crippen LogP contribution in [0.25, 0.3) is 0 Å². The molecule has 0 fully saturated rings. The number of ketones is 1. The van der Waals surface area contributed by atoms with Crippen LogP contribution in [0.15, 0.2) is 71.2 Å². The molecule has 4 rings (SSSR count). The molecule has 2 aromatic carbocycles. The highest BCUT2D eigenvalue weighted by Gasteiger charge is 2.47. The molecule has 0 aromatic heterocycles. The van der Waals surface area contributed by atoms with Crippen molar-refractivity contribution in [2.75, 3.05) is 11.5 Å². The van der Waals surface area contributed by atoms with Gasteiger partial charge in [-0.15, -0.1) is 0 Å². The topological polar surface area (TPSA) is 72.6 Å². The molecule has 172 valence electrons. The van der Waals surface area contributed by atoms with E-state index in [1.165, 1.54) is 0 Å². The second-order valence-electron chi connectivity index (χ2n) is 9.07. The average molecular weight is 485 g/mol. The van der Waals surface area contributed by atoms with Crippen LogP contribution < -0.4 is 10.6 Å². The summed E-state index contributed by atoms with van der Waals surface area (Å²) in [4.78, 5) is 28.7. The lowest BCUT2D eigenvalue weighted by Crippen LogP contribution is -2.43. The smallest absolute Gasteiger partial charge is 0.338 e. The van der Waals surface area contributed by atoms with Crippen molar-refractivity contribution in [1.29, 1.82) is 0 Å². The second kappa shape index (κ2) is 8.88. The van der Waals surface area contributed by atoms with Crippen LogP contribution in [0.5, 0.6) is 0 Å². The number of nitrogens with zero attached hydrogens (tertiary/aromatic N) is 1. The monoisotopic (exact) mass is 484 g/mol.